The van der Waals surface area contributed by atoms with Crippen molar-refractivity contribution in [3.8, 4) is 0 Å². The van der Waals surface area contributed by atoms with E-state index in [1.165, 1.54) is 5.39 Å². The molecule has 1 aliphatic rings. The Labute approximate surface area is 199 Å². The Morgan fingerprint density at radius 3 is 2.74 bits per heavy atom. The number of pyridine rings is 1. The van der Waals surface area contributed by atoms with Gasteiger partial charge in [0.1, 0.15) is 11.7 Å². The highest BCUT2D eigenvalue weighted by molar-refractivity contribution is 14.1. The van der Waals surface area contributed by atoms with Gasteiger partial charge in [0.2, 0.25) is 0 Å². The molecule has 3 heterocycles. The van der Waals surface area contributed by atoms with Gasteiger partial charge in [-0.3, -0.25) is 4.99 Å². The minimum absolute atomic E-state index is 0.278. The molecule has 0 amide bonds. The first-order valence-electron chi connectivity index (χ1n) is 10.4. The van der Waals surface area contributed by atoms with Crippen LogP contribution in [-0.4, -0.2) is 41.9 Å². The van der Waals surface area contributed by atoms with Gasteiger partial charge in [-0.1, -0.05) is 24.3 Å². The number of fused-ring (bicyclic) bond motifs is 3. The number of aliphatic imine (C=N–C) groups is 1. The lowest BCUT2D eigenvalue weighted by molar-refractivity contribution is 0.257. The number of nitrogens with one attached hydrogen (secondary N) is 1. The predicted octanol–water partition coefficient (Wildman–Crippen LogP) is 5.60. The van der Waals surface area contributed by atoms with Gasteiger partial charge in [0.25, 0.3) is 0 Å². The summed E-state index contributed by atoms with van der Waals surface area (Å²) < 4.78 is 2.30. The zero-order valence-corrected chi connectivity index (χ0v) is 20.3. The van der Waals surface area contributed by atoms with Gasteiger partial charge in [0.15, 0.2) is 0 Å². The largest absolute Gasteiger partial charge is 0.383 e. The first-order chi connectivity index (χ1) is 15.1. The topological polar surface area (TPSA) is 66.5 Å². The molecule has 5 nitrogen and oxygen atoms in total. The number of benzene rings is 2. The molecule has 1 saturated heterocycles. The maximum Gasteiger partial charge on any atom is 0.149 e. The van der Waals surface area contributed by atoms with Crippen LogP contribution in [0.4, 0.5) is 11.5 Å². The molecule has 0 bridgehead atoms. The number of rotatable bonds is 4. The zero-order chi connectivity index (χ0) is 21.4. The van der Waals surface area contributed by atoms with Crippen LogP contribution in [-0.2, 0) is 0 Å². The van der Waals surface area contributed by atoms with E-state index in [0.717, 1.165) is 62.2 Å². The van der Waals surface area contributed by atoms with Gasteiger partial charge in [0.05, 0.1) is 21.9 Å². The number of amidine groups is 1. The van der Waals surface area contributed by atoms with Gasteiger partial charge >= 0.3 is 0 Å². The van der Waals surface area contributed by atoms with Crippen LogP contribution in [0.25, 0.3) is 21.0 Å². The summed E-state index contributed by atoms with van der Waals surface area (Å²) in [4.78, 5) is 12.3. The van der Waals surface area contributed by atoms with E-state index in [0.29, 0.717) is 5.84 Å². The summed E-state index contributed by atoms with van der Waals surface area (Å²) in [6.45, 7) is 2.13. The summed E-state index contributed by atoms with van der Waals surface area (Å²) in [5.41, 5.74) is 9.41. The third-order valence-electron chi connectivity index (χ3n) is 5.84. The van der Waals surface area contributed by atoms with Gasteiger partial charge in [0, 0.05) is 19.9 Å². The molecule has 5 rings (SSSR count). The summed E-state index contributed by atoms with van der Waals surface area (Å²) in [5.74, 6) is 1.45. The lowest BCUT2D eigenvalue weighted by atomic mass is 10.0. The van der Waals surface area contributed by atoms with Crippen LogP contribution in [0.1, 0.15) is 18.4 Å². The molecule has 1 aliphatic heterocycles. The third-order valence-corrected chi connectivity index (χ3v) is 7.70. The molecule has 0 spiro atoms. The first kappa shape index (κ1) is 20.7. The summed E-state index contributed by atoms with van der Waals surface area (Å²) >= 11 is 4.05. The Hall–Kier alpha value is -2.23. The van der Waals surface area contributed by atoms with Crippen molar-refractivity contribution in [1.82, 2.24) is 9.88 Å². The Kier molecular flexibility index (Phi) is 5.81. The molecule has 2 aromatic heterocycles. The van der Waals surface area contributed by atoms with Crippen LogP contribution < -0.4 is 11.1 Å². The predicted molar refractivity (Wildman–Crippen MR) is 141 cm³/mol. The summed E-state index contributed by atoms with van der Waals surface area (Å²) in [5, 5.41) is 7.98. The van der Waals surface area contributed by atoms with Crippen LogP contribution in [0.5, 0.6) is 0 Å². The molecule has 4 aromatic rings. The highest BCUT2D eigenvalue weighted by atomic mass is 127. The van der Waals surface area contributed by atoms with Gasteiger partial charge < -0.3 is 16.0 Å². The highest BCUT2D eigenvalue weighted by Crippen LogP contribution is 2.36. The molecule has 2 aromatic carbocycles. The van der Waals surface area contributed by atoms with Crippen LogP contribution >= 0.6 is 33.9 Å². The number of aromatic nitrogens is 1. The SMILES string of the molecule is CN1CCC(N=C(N)c2cccc3c2nc(Nc2ccccc2I)c2sccc23)CC1. The Morgan fingerprint density at radius 1 is 1.13 bits per heavy atom. The molecule has 0 radical (unpaired) electrons. The molecule has 0 unspecified atom stereocenters. The van der Waals surface area contributed by atoms with E-state index in [9.17, 15) is 0 Å². The Morgan fingerprint density at radius 2 is 1.94 bits per heavy atom. The Bertz CT molecular complexity index is 1270. The standard InChI is InChI=1S/C24H24IN5S/c1-30-12-9-15(10-13-30)27-23(26)18-6-4-5-16-17-11-14-31-22(17)24(29-21(16)18)28-20-8-3-2-7-19(20)25/h2-8,11,14-15H,9-10,12-13H2,1H3,(H2,26,27)(H,28,29). The van der Waals surface area contributed by atoms with E-state index in [1.54, 1.807) is 11.3 Å². The Balaban J connectivity index is 1.61. The van der Waals surface area contributed by atoms with Crippen molar-refractivity contribution in [1.29, 1.82) is 0 Å². The van der Waals surface area contributed by atoms with Gasteiger partial charge in [-0.15, -0.1) is 11.3 Å². The zero-order valence-electron chi connectivity index (χ0n) is 17.3. The number of hydrogen-bond acceptors (Lipinski definition) is 5. The van der Waals surface area contributed by atoms with E-state index in [-0.39, 0.29) is 6.04 Å². The van der Waals surface area contributed by atoms with Crippen molar-refractivity contribution in [2.45, 2.75) is 18.9 Å². The fraction of sp³-hybridized carbons (Fsp3) is 0.250. The average molecular weight is 541 g/mol. The van der Waals surface area contributed by atoms with Crippen LogP contribution in [0.3, 0.4) is 0 Å². The van der Waals surface area contributed by atoms with E-state index >= 15 is 0 Å². The summed E-state index contributed by atoms with van der Waals surface area (Å²) in [6.07, 6.45) is 2.09. The second-order valence-corrected chi connectivity index (χ2v) is 10.1. The molecule has 3 N–H and O–H groups in total. The second kappa shape index (κ2) is 8.72. The van der Waals surface area contributed by atoms with E-state index in [1.807, 2.05) is 18.2 Å². The number of likely N-dealkylation sites (tertiary alicyclic amines) is 1. The fourth-order valence-corrected chi connectivity index (χ4v) is 5.50. The van der Waals surface area contributed by atoms with Gasteiger partial charge in [-0.2, -0.15) is 0 Å². The number of nitrogens with two attached hydrogens (primary N) is 1. The van der Waals surface area contributed by atoms with Crippen molar-refractivity contribution in [3.63, 3.8) is 0 Å². The third kappa shape index (κ3) is 4.14. The molecule has 0 atom stereocenters. The minimum atomic E-state index is 0.278. The minimum Gasteiger partial charge on any atom is -0.383 e. The van der Waals surface area contributed by atoms with Crippen molar-refractivity contribution >= 4 is 72.3 Å². The number of hydrogen-bond donors (Lipinski definition) is 2. The lowest BCUT2D eigenvalue weighted by Crippen LogP contribution is -2.33. The number of nitrogens with zero attached hydrogens (tertiary/aromatic N) is 3. The van der Waals surface area contributed by atoms with E-state index in [2.05, 4.69) is 75.6 Å². The van der Waals surface area contributed by atoms with Crippen LogP contribution in [0.2, 0.25) is 0 Å². The molecular formula is C24H24IN5S. The average Bonchev–Trinajstić information content (AvgIpc) is 3.27. The number of anilines is 2. The fourth-order valence-electron chi connectivity index (χ4n) is 4.12. The number of para-hydroxylation sites is 2. The lowest BCUT2D eigenvalue weighted by Gasteiger charge is -2.26. The van der Waals surface area contributed by atoms with Crippen molar-refractivity contribution < 1.29 is 0 Å². The van der Waals surface area contributed by atoms with Crippen molar-refractivity contribution in [2.24, 2.45) is 10.7 Å². The first-order valence-corrected chi connectivity index (χ1v) is 12.4. The van der Waals surface area contributed by atoms with Gasteiger partial charge in [-0.05, 0) is 85.2 Å². The molecule has 158 valence electrons. The quantitative estimate of drug-likeness (QED) is 0.201. The smallest absolute Gasteiger partial charge is 0.149 e. The van der Waals surface area contributed by atoms with E-state index in [4.69, 9.17) is 15.7 Å². The monoisotopic (exact) mass is 541 g/mol. The van der Waals surface area contributed by atoms with Gasteiger partial charge in [-0.25, -0.2) is 4.98 Å². The van der Waals surface area contributed by atoms with Crippen LogP contribution in [0, 0.1) is 3.57 Å². The molecular weight excluding hydrogens is 517 g/mol. The number of thiophene rings is 1. The molecule has 7 heteroatoms. The van der Waals surface area contributed by atoms with Crippen molar-refractivity contribution in [3.05, 3.63) is 63.0 Å². The normalized spacial score (nSPS) is 16.3. The second-order valence-electron chi connectivity index (χ2n) is 7.98. The summed E-state index contributed by atoms with van der Waals surface area (Å²) in [6, 6.07) is 16.9. The number of halogens is 1. The maximum absolute atomic E-state index is 6.55. The maximum atomic E-state index is 6.55. The molecule has 1 fully saturated rings. The van der Waals surface area contributed by atoms with Crippen molar-refractivity contribution in [2.75, 3.05) is 25.5 Å². The molecule has 31 heavy (non-hydrogen) atoms. The molecule has 0 aliphatic carbocycles. The molecule has 0 saturated carbocycles. The highest BCUT2D eigenvalue weighted by Gasteiger charge is 2.18. The van der Waals surface area contributed by atoms with E-state index < -0.39 is 0 Å². The van der Waals surface area contributed by atoms with Crippen LogP contribution in [0.15, 0.2) is 58.9 Å². The number of piperidine rings is 1. The summed E-state index contributed by atoms with van der Waals surface area (Å²) in [7, 11) is 2.16.